The Balaban J connectivity index is 1.41. The molecule has 25 heavy (non-hydrogen) atoms. The monoisotopic (exact) mass is 343 g/mol. The molecule has 6 nitrogen and oxygen atoms in total. The Kier molecular flexibility index (Phi) is 5.77. The number of nitrogens with one attached hydrogen (secondary N) is 2. The van der Waals surface area contributed by atoms with Crippen LogP contribution in [0.25, 0.3) is 0 Å². The third-order valence-electron chi connectivity index (χ3n) is 4.14. The normalized spacial score (nSPS) is 13.7. The molecule has 0 bridgehead atoms. The predicted molar refractivity (Wildman–Crippen MR) is 95.1 cm³/mol. The van der Waals surface area contributed by atoms with Crippen LogP contribution in [0.1, 0.15) is 18.4 Å². The Morgan fingerprint density at radius 1 is 1.16 bits per heavy atom. The molecule has 0 aliphatic carbocycles. The standard InChI is InChI=1S/C18H22FN5O/c19-15-6-2-1-5-14(15)11-18(25)21-8-7-20-16-12-17(23-13-22-16)24-9-3-4-10-24/h1-2,5-6,12-13H,3-4,7-11H2,(H,21,25)(H,20,22,23). The fourth-order valence-corrected chi connectivity index (χ4v) is 2.83. The molecule has 1 fully saturated rings. The quantitative estimate of drug-likeness (QED) is 0.753. The lowest BCUT2D eigenvalue weighted by atomic mass is 10.1. The van der Waals surface area contributed by atoms with Crippen molar-refractivity contribution in [3.05, 3.63) is 48.0 Å². The Labute approximate surface area is 146 Å². The number of hydrogen-bond donors (Lipinski definition) is 2. The molecule has 1 aliphatic heterocycles. The van der Waals surface area contributed by atoms with E-state index >= 15 is 0 Å². The maximum Gasteiger partial charge on any atom is 0.224 e. The van der Waals surface area contributed by atoms with Gasteiger partial charge in [0.2, 0.25) is 5.91 Å². The minimum Gasteiger partial charge on any atom is -0.368 e. The molecule has 0 unspecified atom stereocenters. The van der Waals surface area contributed by atoms with E-state index in [0.717, 1.165) is 24.7 Å². The third kappa shape index (κ3) is 4.89. The van der Waals surface area contributed by atoms with Gasteiger partial charge >= 0.3 is 0 Å². The number of aromatic nitrogens is 2. The van der Waals surface area contributed by atoms with Crippen molar-refractivity contribution in [1.82, 2.24) is 15.3 Å². The summed E-state index contributed by atoms with van der Waals surface area (Å²) in [5.74, 6) is 1.11. The number of carbonyl (C=O) groups is 1. The van der Waals surface area contributed by atoms with Crippen molar-refractivity contribution in [2.24, 2.45) is 0 Å². The zero-order valence-electron chi connectivity index (χ0n) is 14.0. The highest BCUT2D eigenvalue weighted by Gasteiger charge is 2.14. The minimum atomic E-state index is -0.355. The summed E-state index contributed by atoms with van der Waals surface area (Å²) in [6.45, 7) is 3.04. The van der Waals surface area contributed by atoms with Crippen molar-refractivity contribution in [2.75, 3.05) is 36.4 Å². The average molecular weight is 343 g/mol. The maximum absolute atomic E-state index is 13.5. The van der Waals surface area contributed by atoms with Crippen LogP contribution in [0.3, 0.4) is 0 Å². The lowest BCUT2D eigenvalue weighted by molar-refractivity contribution is -0.120. The van der Waals surface area contributed by atoms with E-state index in [1.54, 1.807) is 24.5 Å². The molecule has 1 aromatic heterocycles. The van der Waals surface area contributed by atoms with Crippen molar-refractivity contribution in [3.8, 4) is 0 Å². The number of halogens is 1. The summed E-state index contributed by atoms with van der Waals surface area (Å²) < 4.78 is 13.5. The van der Waals surface area contributed by atoms with E-state index in [-0.39, 0.29) is 18.1 Å². The van der Waals surface area contributed by atoms with Gasteiger partial charge in [0, 0.05) is 32.2 Å². The molecule has 7 heteroatoms. The van der Waals surface area contributed by atoms with Crippen LogP contribution >= 0.6 is 0 Å². The summed E-state index contributed by atoms with van der Waals surface area (Å²) in [6.07, 6.45) is 3.98. The smallest absolute Gasteiger partial charge is 0.224 e. The lowest BCUT2D eigenvalue weighted by Crippen LogP contribution is -2.30. The first-order valence-corrected chi connectivity index (χ1v) is 8.53. The SMILES string of the molecule is O=C(Cc1ccccc1F)NCCNc1cc(N2CCCC2)ncn1. The molecule has 1 aromatic carbocycles. The van der Waals surface area contributed by atoms with E-state index in [1.165, 1.54) is 18.9 Å². The van der Waals surface area contributed by atoms with Gasteiger partial charge in [-0.1, -0.05) is 18.2 Å². The molecule has 1 aliphatic rings. The van der Waals surface area contributed by atoms with Gasteiger partial charge in [-0.2, -0.15) is 0 Å². The second-order valence-corrected chi connectivity index (χ2v) is 6.00. The van der Waals surface area contributed by atoms with Crippen LogP contribution in [0.5, 0.6) is 0 Å². The summed E-state index contributed by atoms with van der Waals surface area (Å²) >= 11 is 0. The Bertz CT molecular complexity index is 718. The van der Waals surface area contributed by atoms with Crippen LogP contribution in [0.2, 0.25) is 0 Å². The van der Waals surface area contributed by atoms with Crippen LogP contribution in [0.4, 0.5) is 16.0 Å². The molecule has 132 valence electrons. The zero-order chi connectivity index (χ0) is 17.5. The van der Waals surface area contributed by atoms with Crippen LogP contribution < -0.4 is 15.5 Å². The summed E-state index contributed by atoms with van der Waals surface area (Å²) in [6, 6.07) is 8.23. The molecule has 0 spiro atoms. The van der Waals surface area contributed by atoms with Gasteiger partial charge in [0.15, 0.2) is 0 Å². The molecule has 3 rings (SSSR count). The van der Waals surface area contributed by atoms with Crippen LogP contribution in [0.15, 0.2) is 36.7 Å². The Morgan fingerprint density at radius 2 is 1.96 bits per heavy atom. The number of carbonyl (C=O) groups excluding carboxylic acids is 1. The first-order valence-electron chi connectivity index (χ1n) is 8.53. The highest BCUT2D eigenvalue weighted by atomic mass is 19.1. The molecule has 0 saturated carbocycles. The highest BCUT2D eigenvalue weighted by molar-refractivity contribution is 5.78. The minimum absolute atomic E-state index is 0.0410. The van der Waals surface area contributed by atoms with E-state index in [2.05, 4.69) is 25.5 Å². The fraction of sp³-hybridized carbons (Fsp3) is 0.389. The van der Waals surface area contributed by atoms with E-state index in [0.29, 0.717) is 18.7 Å². The molecular formula is C18H22FN5O. The number of benzene rings is 1. The maximum atomic E-state index is 13.5. The summed E-state index contributed by atoms with van der Waals surface area (Å²) in [4.78, 5) is 22.6. The molecule has 2 heterocycles. The fourth-order valence-electron chi connectivity index (χ4n) is 2.83. The second-order valence-electron chi connectivity index (χ2n) is 6.00. The largest absolute Gasteiger partial charge is 0.368 e. The molecule has 2 N–H and O–H groups in total. The summed E-state index contributed by atoms with van der Waals surface area (Å²) in [5.41, 5.74) is 0.402. The van der Waals surface area contributed by atoms with Crippen LogP contribution in [0, 0.1) is 5.82 Å². The van der Waals surface area contributed by atoms with Gasteiger partial charge < -0.3 is 15.5 Å². The second kappa shape index (κ2) is 8.41. The molecule has 2 aromatic rings. The third-order valence-corrected chi connectivity index (χ3v) is 4.14. The lowest BCUT2D eigenvalue weighted by Gasteiger charge is -2.16. The molecule has 0 radical (unpaired) electrons. The molecular weight excluding hydrogens is 321 g/mol. The van der Waals surface area contributed by atoms with Gasteiger partial charge in [0.25, 0.3) is 0 Å². The van der Waals surface area contributed by atoms with E-state index < -0.39 is 0 Å². The molecule has 1 amide bonds. The van der Waals surface area contributed by atoms with Crippen molar-refractivity contribution < 1.29 is 9.18 Å². The number of nitrogens with zero attached hydrogens (tertiary/aromatic N) is 3. The average Bonchev–Trinajstić information content (AvgIpc) is 3.16. The number of hydrogen-bond acceptors (Lipinski definition) is 5. The first-order chi connectivity index (χ1) is 12.2. The molecule has 0 atom stereocenters. The number of amides is 1. The molecule has 1 saturated heterocycles. The van der Waals surface area contributed by atoms with Gasteiger partial charge in [-0.05, 0) is 24.5 Å². The van der Waals surface area contributed by atoms with Gasteiger partial charge in [-0.25, -0.2) is 14.4 Å². The van der Waals surface area contributed by atoms with Gasteiger partial charge in [-0.3, -0.25) is 4.79 Å². The predicted octanol–water partition coefficient (Wildman–Crippen LogP) is 1.99. The Morgan fingerprint density at radius 3 is 2.76 bits per heavy atom. The van der Waals surface area contributed by atoms with Crippen LogP contribution in [-0.4, -0.2) is 42.1 Å². The highest BCUT2D eigenvalue weighted by Crippen LogP contribution is 2.18. The topological polar surface area (TPSA) is 70.2 Å². The summed E-state index contributed by atoms with van der Waals surface area (Å²) in [5, 5.41) is 5.95. The summed E-state index contributed by atoms with van der Waals surface area (Å²) in [7, 11) is 0. The number of rotatable bonds is 7. The van der Waals surface area contributed by atoms with Crippen molar-refractivity contribution in [3.63, 3.8) is 0 Å². The van der Waals surface area contributed by atoms with E-state index in [4.69, 9.17) is 0 Å². The van der Waals surface area contributed by atoms with Crippen molar-refractivity contribution >= 4 is 17.5 Å². The van der Waals surface area contributed by atoms with Crippen LogP contribution in [-0.2, 0) is 11.2 Å². The van der Waals surface area contributed by atoms with Gasteiger partial charge in [0.1, 0.15) is 23.8 Å². The zero-order valence-corrected chi connectivity index (χ0v) is 14.0. The van der Waals surface area contributed by atoms with Gasteiger partial charge in [0.05, 0.1) is 6.42 Å². The Hall–Kier alpha value is -2.70. The number of anilines is 2. The van der Waals surface area contributed by atoms with E-state index in [1.807, 2.05) is 6.07 Å². The van der Waals surface area contributed by atoms with E-state index in [9.17, 15) is 9.18 Å². The van der Waals surface area contributed by atoms with Crippen molar-refractivity contribution in [2.45, 2.75) is 19.3 Å². The van der Waals surface area contributed by atoms with Gasteiger partial charge in [-0.15, -0.1) is 0 Å². The first kappa shape index (κ1) is 17.1. The van der Waals surface area contributed by atoms with Crippen molar-refractivity contribution in [1.29, 1.82) is 0 Å².